The van der Waals surface area contributed by atoms with E-state index in [1.165, 1.54) is 0 Å². The van der Waals surface area contributed by atoms with Crippen LogP contribution in [0, 0.1) is 6.92 Å². The molecule has 0 bridgehead atoms. The summed E-state index contributed by atoms with van der Waals surface area (Å²) in [6.07, 6.45) is 3.21. The molecule has 0 spiro atoms. The summed E-state index contributed by atoms with van der Waals surface area (Å²) in [6.45, 7) is 1.95. The highest BCUT2D eigenvalue weighted by Crippen LogP contribution is 2.28. The van der Waals surface area contributed by atoms with Crippen LogP contribution in [0.5, 0.6) is 11.5 Å². The van der Waals surface area contributed by atoms with Gasteiger partial charge in [-0.05, 0) is 61.0 Å². The number of hydrogen-bond donors (Lipinski definition) is 2. The predicted molar refractivity (Wildman–Crippen MR) is 131 cm³/mol. The van der Waals surface area contributed by atoms with Crippen LogP contribution in [0.2, 0.25) is 5.02 Å². The molecule has 33 heavy (non-hydrogen) atoms. The number of nitrogens with zero attached hydrogens (tertiary/aromatic N) is 4. The van der Waals surface area contributed by atoms with E-state index in [-0.39, 0.29) is 0 Å². The molecule has 5 aromatic rings. The van der Waals surface area contributed by atoms with Crippen molar-refractivity contribution in [1.29, 1.82) is 0 Å². The van der Waals surface area contributed by atoms with E-state index in [2.05, 4.69) is 30.6 Å². The molecule has 0 fully saturated rings. The van der Waals surface area contributed by atoms with Crippen LogP contribution < -0.4 is 15.4 Å². The molecule has 162 valence electrons. The number of para-hydroxylation sites is 1. The SMILES string of the molecule is Cc1ccc(Nc2nc(Nc3ccc(Oc4ccccc4)cc3)nc3nccnc23)cc1Cl. The lowest BCUT2D eigenvalue weighted by atomic mass is 10.2. The van der Waals surface area contributed by atoms with Crippen LogP contribution in [-0.4, -0.2) is 19.9 Å². The molecule has 0 radical (unpaired) electrons. The Kier molecular flexibility index (Phi) is 5.70. The summed E-state index contributed by atoms with van der Waals surface area (Å²) in [6, 6.07) is 22.9. The molecule has 2 heterocycles. The van der Waals surface area contributed by atoms with Crippen LogP contribution in [-0.2, 0) is 0 Å². The Balaban J connectivity index is 1.40. The van der Waals surface area contributed by atoms with Crippen LogP contribution >= 0.6 is 11.6 Å². The lowest BCUT2D eigenvalue weighted by Gasteiger charge is -2.12. The second kappa shape index (κ2) is 9.10. The highest BCUT2D eigenvalue weighted by atomic mass is 35.5. The van der Waals surface area contributed by atoms with Gasteiger partial charge in [-0.15, -0.1) is 0 Å². The quantitative estimate of drug-likeness (QED) is 0.296. The van der Waals surface area contributed by atoms with Crippen molar-refractivity contribution in [2.45, 2.75) is 6.92 Å². The minimum absolute atomic E-state index is 0.389. The van der Waals surface area contributed by atoms with Gasteiger partial charge in [-0.3, -0.25) is 0 Å². The first kappa shape index (κ1) is 20.7. The van der Waals surface area contributed by atoms with Crippen molar-refractivity contribution in [3.63, 3.8) is 0 Å². The molecule has 2 aromatic heterocycles. The molecule has 2 N–H and O–H groups in total. The lowest BCUT2D eigenvalue weighted by molar-refractivity contribution is 0.483. The number of nitrogens with one attached hydrogen (secondary N) is 2. The van der Waals surface area contributed by atoms with Gasteiger partial charge in [0.25, 0.3) is 0 Å². The molecule has 0 aliphatic heterocycles. The zero-order chi connectivity index (χ0) is 22.6. The highest BCUT2D eigenvalue weighted by molar-refractivity contribution is 6.31. The van der Waals surface area contributed by atoms with E-state index >= 15 is 0 Å². The Bertz CT molecular complexity index is 1410. The summed E-state index contributed by atoms with van der Waals surface area (Å²) in [5, 5.41) is 7.17. The fourth-order valence-corrected chi connectivity index (χ4v) is 3.35. The standard InChI is InChI=1S/C25H19ClN6O/c1-16-7-8-18(15-21(16)26)29-24-22-23(28-14-13-27-22)31-25(32-24)30-17-9-11-20(12-10-17)33-19-5-3-2-4-6-19/h2-15H,1H3,(H2,28,29,30,31,32). The molecule has 0 unspecified atom stereocenters. The van der Waals surface area contributed by atoms with Crippen molar-refractivity contribution in [2.75, 3.05) is 10.6 Å². The van der Waals surface area contributed by atoms with E-state index < -0.39 is 0 Å². The van der Waals surface area contributed by atoms with Gasteiger partial charge in [-0.1, -0.05) is 35.9 Å². The molecule has 0 aliphatic carbocycles. The number of benzene rings is 3. The van der Waals surface area contributed by atoms with Gasteiger partial charge in [0.15, 0.2) is 17.0 Å². The van der Waals surface area contributed by atoms with Crippen LogP contribution in [0.3, 0.4) is 0 Å². The van der Waals surface area contributed by atoms with Crippen molar-refractivity contribution in [3.05, 3.63) is 95.8 Å². The largest absolute Gasteiger partial charge is 0.457 e. The van der Waals surface area contributed by atoms with Gasteiger partial charge in [0.2, 0.25) is 5.95 Å². The van der Waals surface area contributed by atoms with Gasteiger partial charge >= 0.3 is 0 Å². The van der Waals surface area contributed by atoms with Crippen molar-refractivity contribution < 1.29 is 4.74 Å². The van der Waals surface area contributed by atoms with Gasteiger partial charge in [0.05, 0.1) is 0 Å². The number of ether oxygens (including phenoxy) is 1. The van der Waals surface area contributed by atoms with Gasteiger partial charge in [-0.2, -0.15) is 9.97 Å². The van der Waals surface area contributed by atoms with Crippen LogP contribution in [0.4, 0.5) is 23.1 Å². The van der Waals surface area contributed by atoms with Crippen molar-refractivity contribution in [2.24, 2.45) is 0 Å². The fourth-order valence-electron chi connectivity index (χ4n) is 3.17. The van der Waals surface area contributed by atoms with E-state index in [9.17, 15) is 0 Å². The zero-order valence-electron chi connectivity index (χ0n) is 17.7. The Labute approximate surface area is 195 Å². The van der Waals surface area contributed by atoms with Crippen LogP contribution in [0.25, 0.3) is 11.2 Å². The Morgan fingerprint density at radius 3 is 2.27 bits per heavy atom. The molecule has 0 saturated heterocycles. The summed E-state index contributed by atoms with van der Waals surface area (Å²) >= 11 is 6.28. The number of hydrogen-bond acceptors (Lipinski definition) is 7. The average molecular weight is 455 g/mol. The van der Waals surface area contributed by atoms with Gasteiger partial charge in [-0.25, -0.2) is 9.97 Å². The number of aromatic nitrogens is 4. The number of anilines is 4. The summed E-state index contributed by atoms with van der Waals surface area (Å²) in [4.78, 5) is 17.9. The first-order valence-corrected chi connectivity index (χ1v) is 10.6. The van der Waals surface area contributed by atoms with Gasteiger partial charge in [0.1, 0.15) is 11.5 Å². The molecular weight excluding hydrogens is 436 g/mol. The third-order valence-electron chi connectivity index (χ3n) is 4.86. The molecule has 3 aromatic carbocycles. The molecular formula is C25H19ClN6O. The van der Waals surface area contributed by atoms with E-state index in [1.807, 2.05) is 79.7 Å². The Hall–Kier alpha value is -4.23. The molecule has 0 atom stereocenters. The Morgan fingerprint density at radius 1 is 0.758 bits per heavy atom. The third-order valence-corrected chi connectivity index (χ3v) is 5.26. The third kappa shape index (κ3) is 4.83. The molecule has 0 saturated carbocycles. The average Bonchev–Trinajstić information content (AvgIpc) is 2.83. The maximum atomic E-state index is 6.28. The highest BCUT2D eigenvalue weighted by Gasteiger charge is 2.11. The minimum atomic E-state index is 0.389. The van der Waals surface area contributed by atoms with Gasteiger partial charge in [0, 0.05) is 28.8 Å². The predicted octanol–water partition coefficient (Wildman–Crippen LogP) is 6.66. The minimum Gasteiger partial charge on any atom is -0.457 e. The molecule has 0 amide bonds. The van der Waals surface area contributed by atoms with Crippen molar-refractivity contribution in [3.8, 4) is 11.5 Å². The first-order chi connectivity index (χ1) is 16.1. The summed E-state index contributed by atoms with van der Waals surface area (Å²) in [5.41, 5.74) is 3.63. The van der Waals surface area contributed by atoms with E-state index in [1.54, 1.807) is 12.4 Å². The maximum Gasteiger partial charge on any atom is 0.231 e. The topological polar surface area (TPSA) is 84.9 Å². The maximum absolute atomic E-state index is 6.28. The van der Waals surface area contributed by atoms with E-state index in [4.69, 9.17) is 16.3 Å². The van der Waals surface area contributed by atoms with Crippen LogP contribution in [0.1, 0.15) is 5.56 Å². The number of aryl methyl sites for hydroxylation is 1. The molecule has 5 rings (SSSR count). The number of fused-ring (bicyclic) bond motifs is 1. The summed E-state index contributed by atoms with van der Waals surface area (Å²) < 4.78 is 5.85. The monoisotopic (exact) mass is 454 g/mol. The second-order valence-corrected chi connectivity index (χ2v) is 7.69. The normalized spacial score (nSPS) is 10.7. The van der Waals surface area contributed by atoms with E-state index in [0.717, 1.165) is 28.4 Å². The fraction of sp³-hybridized carbons (Fsp3) is 0.0400. The molecule has 8 heteroatoms. The van der Waals surface area contributed by atoms with Crippen molar-refractivity contribution >= 4 is 45.9 Å². The molecule has 0 aliphatic rings. The first-order valence-electron chi connectivity index (χ1n) is 10.3. The second-order valence-electron chi connectivity index (χ2n) is 7.28. The number of halogens is 1. The smallest absolute Gasteiger partial charge is 0.231 e. The summed E-state index contributed by atoms with van der Waals surface area (Å²) in [7, 11) is 0. The van der Waals surface area contributed by atoms with E-state index in [0.29, 0.717) is 28.0 Å². The zero-order valence-corrected chi connectivity index (χ0v) is 18.4. The molecule has 7 nitrogen and oxygen atoms in total. The lowest BCUT2D eigenvalue weighted by Crippen LogP contribution is -2.04. The van der Waals surface area contributed by atoms with Crippen LogP contribution in [0.15, 0.2) is 85.2 Å². The van der Waals surface area contributed by atoms with Gasteiger partial charge < -0.3 is 15.4 Å². The van der Waals surface area contributed by atoms with Crippen molar-refractivity contribution in [1.82, 2.24) is 19.9 Å². The Morgan fingerprint density at radius 2 is 1.48 bits per heavy atom. The number of rotatable bonds is 6. The summed E-state index contributed by atoms with van der Waals surface area (Å²) in [5.74, 6) is 2.43.